The Hall–Kier alpha value is -4.93. The van der Waals surface area contributed by atoms with E-state index in [4.69, 9.17) is 5.73 Å². The van der Waals surface area contributed by atoms with Gasteiger partial charge in [0.1, 0.15) is 5.82 Å². The molecule has 0 spiro atoms. The van der Waals surface area contributed by atoms with Gasteiger partial charge in [0.2, 0.25) is 0 Å². The number of nitrogens with zero attached hydrogens (tertiary/aromatic N) is 2. The predicted octanol–water partition coefficient (Wildman–Crippen LogP) is 7.84. The van der Waals surface area contributed by atoms with Gasteiger partial charge in [-0.25, -0.2) is 9.97 Å². The SMILES string of the molecule is Nc1nc(-c2cc(C(=O)Nc3cccc(C(F)(F)F)c3)ccc2-c2ccc(C(F)(F)F)cc2)nc2ccccc12. The number of carbonyl (C=O) groups is 1. The summed E-state index contributed by atoms with van der Waals surface area (Å²) < 4.78 is 78.7. The Kier molecular flexibility index (Phi) is 6.66. The lowest BCUT2D eigenvalue weighted by atomic mass is 9.95. The first-order valence-corrected chi connectivity index (χ1v) is 11.7. The monoisotopic (exact) mass is 552 g/mol. The van der Waals surface area contributed by atoms with Crippen molar-refractivity contribution >= 4 is 28.3 Å². The Morgan fingerprint density at radius 3 is 2.10 bits per heavy atom. The van der Waals surface area contributed by atoms with Gasteiger partial charge in [-0.15, -0.1) is 0 Å². The van der Waals surface area contributed by atoms with Gasteiger partial charge in [0, 0.05) is 22.2 Å². The van der Waals surface area contributed by atoms with E-state index in [1.54, 1.807) is 24.3 Å². The third-order valence-corrected chi connectivity index (χ3v) is 6.13. The van der Waals surface area contributed by atoms with Crippen molar-refractivity contribution < 1.29 is 31.1 Å². The van der Waals surface area contributed by atoms with Crippen LogP contribution in [0.15, 0.2) is 91.0 Å². The zero-order valence-corrected chi connectivity index (χ0v) is 20.3. The molecule has 0 unspecified atom stereocenters. The first kappa shape index (κ1) is 26.7. The lowest BCUT2D eigenvalue weighted by molar-refractivity contribution is -0.138. The van der Waals surface area contributed by atoms with Crippen molar-refractivity contribution in [3.8, 4) is 22.5 Å². The normalized spacial score (nSPS) is 11.9. The highest BCUT2D eigenvalue weighted by Gasteiger charge is 2.31. The Labute approximate surface area is 223 Å². The van der Waals surface area contributed by atoms with Crippen LogP contribution in [0.4, 0.5) is 37.8 Å². The minimum atomic E-state index is -4.59. The van der Waals surface area contributed by atoms with E-state index >= 15 is 0 Å². The molecule has 1 heterocycles. The van der Waals surface area contributed by atoms with Crippen molar-refractivity contribution in [3.05, 3.63) is 108 Å². The number of halogens is 6. The number of nitrogens with two attached hydrogens (primary N) is 1. The molecule has 0 saturated carbocycles. The van der Waals surface area contributed by atoms with Gasteiger partial charge in [0.15, 0.2) is 5.82 Å². The van der Waals surface area contributed by atoms with Gasteiger partial charge in [-0.1, -0.05) is 36.4 Å². The van der Waals surface area contributed by atoms with Crippen molar-refractivity contribution in [2.75, 3.05) is 11.1 Å². The summed E-state index contributed by atoms with van der Waals surface area (Å²) in [6, 6.07) is 19.9. The minimum Gasteiger partial charge on any atom is -0.383 e. The number of nitrogens with one attached hydrogen (secondary N) is 1. The van der Waals surface area contributed by atoms with Crippen LogP contribution in [-0.4, -0.2) is 15.9 Å². The molecule has 11 heteroatoms. The second-order valence-electron chi connectivity index (χ2n) is 8.82. The first-order chi connectivity index (χ1) is 18.9. The van der Waals surface area contributed by atoms with Gasteiger partial charge >= 0.3 is 12.4 Å². The highest BCUT2D eigenvalue weighted by Crippen LogP contribution is 2.36. The molecule has 3 N–H and O–H groups in total. The molecule has 5 aromatic rings. The van der Waals surface area contributed by atoms with E-state index in [1.165, 1.54) is 42.5 Å². The zero-order chi connectivity index (χ0) is 28.7. The molecule has 1 amide bonds. The second-order valence-corrected chi connectivity index (χ2v) is 8.82. The molecule has 0 radical (unpaired) electrons. The van der Waals surface area contributed by atoms with Crippen LogP contribution < -0.4 is 11.1 Å². The Morgan fingerprint density at radius 2 is 1.40 bits per heavy atom. The first-order valence-electron chi connectivity index (χ1n) is 11.7. The van der Waals surface area contributed by atoms with E-state index in [9.17, 15) is 31.1 Å². The fourth-order valence-corrected chi connectivity index (χ4v) is 4.16. The molecular weight excluding hydrogens is 534 g/mol. The molecule has 202 valence electrons. The van der Waals surface area contributed by atoms with Crippen molar-refractivity contribution in [3.63, 3.8) is 0 Å². The Balaban J connectivity index is 1.60. The van der Waals surface area contributed by atoms with E-state index in [0.717, 1.165) is 24.3 Å². The van der Waals surface area contributed by atoms with Gasteiger partial charge < -0.3 is 11.1 Å². The zero-order valence-electron chi connectivity index (χ0n) is 20.3. The number of aromatic nitrogens is 2. The van der Waals surface area contributed by atoms with Gasteiger partial charge in [-0.3, -0.25) is 4.79 Å². The summed E-state index contributed by atoms with van der Waals surface area (Å²) in [7, 11) is 0. The topological polar surface area (TPSA) is 80.9 Å². The summed E-state index contributed by atoms with van der Waals surface area (Å²) >= 11 is 0. The molecule has 4 aromatic carbocycles. The smallest absolute Gasteiger partial charge is 0.383 e. The van der Waals surface area contributed by atoms with E-state index in [-0.39, 0.29) is 28.5 Å². The Morgan fingerprint density at radius 1 is 0.700 bits per heavy atom. The maximum absolute atomic E-state index is 13.1. The van der Waals surface area contributed by atoms with E-state index in [1.807, 2.05) is 0 Å². The number of fused-ring (bicyclic) bond motifs is 1. The van der Waals surface area contributed by atoms with Crippen molar-refractivity contribution in [2.24, 2.45) is 0 Å². The molecule has 0 bridgehead atoms. The van der Waals surface area contributed by atoms with Crippen LogP contribution >= 0.6 is 0 Å². The summed E-state index contributed by atoms with van der Waals surface area (Å²) in [5.74, 6) is -0.453. The average molecular weight is 552 g/mol. The molecule has 5 rings (SSSR count). The van der Waals surface area contributed by atoms with Crippen LogP contribution in [0.3, 0.4) is 0 Å². The molecule has 0 fully saturated rings. The number of benzene rings is 4. The van der Waals surface area contributed by atoms with Crippen molar-refractivity contribution in [1.29, 1.82) is 0 Å². The van der Waals surface area contributed by atoms with Crippen molar-refractivity contribution in [1.82, 2.24) is 9.97 Å². The van der Waals surface area contributed by atoms with Gasteiger partial charge in [-0.05, 0) is 65.7 Å². The molecule has 0 atom stereocenters. The van der Waals surface area contributed by atoms with Crippen LogP contribution in [0.1, 0.15) is 21.5 Å². The number of rotatable bonds is 4. The van der Waals surface area contributed by atoms with Crippen LogP contribution in [-0.2, 0) is 12.4 Å². The molecule has 0 aliphatic carbocycles. The highest BCUT2D eigenvalue weighted by atomic mass is 19.4. The maximum atomic E-state index is 13.1. The lowest BCUT2D eigenvalue weighted by Crippen LogP contribution is -2.13. The lowest BCUT2D eigenvalue weighted by Gasteiger charge is -2.14. The van der Waals surface area contributed by atoms with E-state index in [0.29, 0.717) is 22.0 Å². The van der Waals surface area contributed by atoms with Gasteiger partial charge in [0.25, 0.3) is 5.91 Å². The number of hydrogen-bond donors (Lipinski definition) is 2. The number of hydrogen-bond acceptors (Lipinski definition) is 4. The number of amides is 1. The van der Waals surface area contributed by atoms with Crippen LogP contribution in [0.5, 0.6) is 0 Å². The van der Waals surface area contributed by atoms with E-state index in [2.05, 4.69) is 15.3 Å². The minimum absolute atomic E-state index is 0.0541. The molecule has 1 aromatic heterocycles. The van der Waals surface area contributed by atoms with Crippen LogP contribution in [0.2, 0.25) is 0 Å². The second kappa shape index (κ2) is 9.99. The number of para-hydroxylation sites is 1. The molecular formula is C29H18F6N4O. The summed E-state index contributed by atoms with van der Waals surface area (Å²) in [6.07, 6.45) is -9.12. The summed E-state index contributed by atoms with van der Waals surface area (Å²) in [5, 5.41) is 3.03. The van der Waals surface area contributed by atoms with E-state index < -0.39 is 29.4 Å². The number of anilines is 2. The fourth-order valence-electron chi connectivity index (χ4n) is 4.16. The molecule has 5 nitrogen and oxygen atoms in total. The molecule has 0 aliphatic heterocycles. The molecule has 40 heavy (non-hydrogen) atoms. The summed E-state index contributed by atoms with van der Waals surface area (Å²) in [4.78, 5) is 22.0. The molecule has 0 saturated heterocycles. The Bertz CT molecular complexity index is 1730. The standard InChI is InChI=1S/C29H18F6N4O/c30-28(31,32)18-11-8-16(9-12-18)21-13-10-17(27(40)37-20-5-3-4-19(15-20)29(33,34)35)14-23(21)26-38-24-7-2-1-6-22(24)25(36)39-26/h1-15H,(H,37,40)(H2,36,38,39). The average Bonchev–Trinajstić information content (AvgIpc) is 2.92. The third-order valence-electron chi connectivity index (χ3n) is 6.13. The summed E-state index contributed by atoms with van der Waals surface area (Å²) in [5.41, 5.74) is 5.97. The predicted molar refractivity (Wildman–Crippen MR) is 139 cm³/mol. The number of alkyl halides is 6. The van der Waals surface area contributed by atoms with Crippen LogP contribution in [0, 0.1) is 0 Å². The van der Waals surface area contributed by atoms with Crippen LogP contribution in [0.25, 0.3) is 33.4 Å². The third kappa shape index (κ3) is 5.44. The quantitative estimate of drug-likeness (QED) is 0.223. The highest BCUT2D eigenvalue weighted by molar-refractivity contribution is 6.06. The van der Waals surface area contributed by atoms with Gasteiger partial charge in [0.05, 0.1) is 16.6 Å². The number of nitrogen functional groups attached to an aromatic ring is 1. The largest absolute Gasteiger partial charge is 0.416 e. The van der Waals surface area contributed by atoms with Crippen molar-refractivity contribution in [2.45, 2.75) is 12.4 Å². The molecule has 0 aliphatic rings. The maximum Gasteiger partial charge on any atom is 0.416 e. The number of carbonyl (C=O) groups excluding carboxylic acids is 1. The fraction of sp³-hybridized carbons (Fsp3) is 0.0690. The summed E-state index contributed by atoms with van der Waals surface area (Å²) in [6.45, 7) is 0. The van der Waals surface area contributed by atoms with Gasteiger partial charge in [-0.2, -0.15) is 26.3 Å².